The monoisotopic (exact) mass is 356 g/mol. The first-order valence-electron chi connectivity index (χ1n) is 7.68. The smallest absolute Gasteiger partial charge is 0.337 e. The van der Waals surface area contributed by atoms with E-state index in [0.29, 0.717) is 28.1 Å². The summed E-state index contributed by atoms with van der Waals surface area (Å²) in [5.41, 5.74) is 0.414. The van der Waals surface area contributed by atoms with Crippen molar-refractivity contribution in [1.29, 1.82) is 0 Å². The van der Waals surface area contributed by atoms with Crippen molar-refractivity contribution in [3.63, 3.8) is 0 Å². The van der Waals surface area contributed by atoms with Gasteiger partial charge in [0.15, 0.2) is 5.17 Å². The summed E-state index contributed by atoms with van der Waals surface area (Å²) in [7, 11) is 0. The normalized spacial score (nSPS) is 17.7. The van der Waals surface area contributed by atoms with Gasteiger partial charge in [0.2, 0.25) is 0 Å². The van der Waals surface area contributed by atoms with E-state index >= 15 is 0 Å². The molecule has 0 spiro atoms. The zero-order valence-electron chi connectivity index (χ0n) is 13.7. The Balaban J connectivity index is 1.98. The minimum absolute atomic E-state index is 0.0955. The highest BCUT2D eigenvalue weighted by molar-refractivity contribution is 8.18. The highest BCUT2D eigenvalue weighted by Gasteiger charge is 2.32. The Morgan fingerprint density at radius 2 is 2.08 bits per heavy atom. The number of hydrogen-bond acceptors (Lipinski definition) is 5. The summed E-state index contributed by atoms with van der Waals surface area (Å²) in [5.74, 6) is 0.128. The Labute approximate surface area is 148 Å². The van der Waals surface area contributed by atoms with Crippen LogP contribution in [0.4, 0.5) is 5.69 Å². The van der Waals surface area contributed by atoms with E-state index in [2.05, 4.69) is 4.99 Å². The molecule has 0 saturated carbocycles. The van der Waals surface area contributed by atoms with Crippen LogP contribution in [-0.4, -0.2) is 33.6 Å². The maximum atomic E-state index is 12.6. The molecule has 6 nitrogen and oxygen atoms in total. The number of hydrogen-bond donors (Lipinski definition) is 1. The summed E-state index contributed by atoms with van der Waals surface area (Å²) < 4.78 is 5.49. The summed E-state index contributed by atoms with van der Waals surface area (Å²) in [5, 5.41) is 9.74. The van der Waals surface area contributed by atoms with Gasteiger partial charge in [0.1, 0.15) is 11.5 Å². The number of rotatable bonds is 4. The molecule has 128 valence electrons. The van der Waals surface area contributed by atoms with Crippen molar-refractivity contribution in [2.24, 2.45) is 4.99 Å². The number of furan rings is 1. The summed E-state index contributed by atoms with van der Waals surface area (Å²) in [4.78, 5) is 30.3. The van der Waals surface area contributed by atoms with Gasteiger partial charge in [0.05, 0.1) is 16.2 Å². The molecule has 1 aromatic carbocycles. The van der Waals surface area contributed by atoms with E-state index in [1.807, 2.05) is 19.9 Å². The molecule has 7 heteroatoms. The average molecular weight is 356 g/mol. The van der Waals surface area contributed by atoms with Gasteiger partial charge in [0, 0.05) is 12.6 Å². The fourth-order valence-corrected chi connectivity index (χ4v) is 3.42. The number of benzene rings is 1. The van der Waals surface area contributed by atoms with Crippen molar-refractivity contribution >= 4 is 40.6 Å². The highest BCUT2D eigenvalue weighted by Crippen LogP contribution is 2.34. The first-order chi connectivity index (χ1) is 12.0. The molecule has 2 heterocycles. The van der Waals surface area contributed by atoms with Crippen LogP contribution in [0, 0.1) is 6.92 Å². The van der Waals surface area contributed by atoms with Crippen LogP contribution in [0.2, 0.25) is 0 Å². The zero-order valence-corrected chi connectivity index (χ0v) is 14.5. The Hall–Kier alpha value is -2.80. The largest absolute Gasteiger partial charge is 0.478 e. The lowest BCUT2D eigenvalue weighted by Gasteiger charge is -2.12. The molecule has 0 atom stereocenters. The van der Waals surface area contributed by atoms with Gasteiger partial charge < -0.3 is 9.52 Å². The number of aryl methyl sites for hydroxylation is 1. The van der Waals surface area contributed by atoms with Crippen molar-refractivity contribution in [2.45, 2.75) is 13.8 Å². The highest BCUT2D eigenvalue weighted by atomic mass is 32.2. The fourth-order valence-electron chi connectivity index (χ4n) is 2.39. The summed E-state index contributed by atoms with van der Waals surface area (Å²) >= 11 is 1.21. The summed E-state index contributed by atoms with van der Waals surface area (Å²) in [6.07, 6.45) is 1.67. The molecule has 0 unspecified atom stereocenters. The first kappa shape index (κ1) is 17.0. The molecule has 1 aliphatic rings. The third-order valence-electron chi connectivity index (χ3n) is 3.59. The lowest BCUT2D eigenvalue weighted by atomic mass is 10.2. The predicted molar refractivity (Wildman–Crippen MR) is 96.9 cm³/mol. The van der Waals surface area contributed by atoms with Gasteiger partial charge in [-0.3, -0.25) is 9.69 Å². The van der Waals surface area contributed by atoms with E-state index < -0.39 is 5.97 Å². The van der Waals surface area contributed by atoms with Gasteiger partial charge in [-0.25, -0.2) is 9.79 Å². The van der Waals surface area contributed by atoms with Crippen LogP contribution in [0.15, 0.2) is 50.7 Å². The van der Waals surface area contributed by atoms with E-state index in [1.54, 1.807) is 30.3 Å². The number of amidine groups is 1. The van der Waals surface area contributed by atoms with E-state index in [0.717, 1.165) is 5.76 Å². The molecule has 0 aliphatic carbocycles. The molecule has 0 radical (unpaired) electrons. The number of carboxylic acids is 1. The molecule has 1 amide bonds. The van der Waals surface area contributed by atoms with Crippen LogP contribution in [-0.2, 0) is 4.79 Å². The maximum Gasteiger partial charge on any atom is 0.337 e. The van der Waals surface area contributed by atoms with Crippen LogP contribution in [0.25, 0.3) is 6.08 Å². The molecule has 0 bridgehead atoms. The van der Waals surface area contributed by atoms with E-state index in [9.17, 15) is 14.7 Å². The quantitative estimate of drug-likeness (QED) is 0.840. The Kier molecular flexibility index (Phi) is 4.76. The Morgan fingerprint density at radius 1 is 1.32 bits per heavy atom. The molecule has 25 heavy (non-hydrogen) atoms. The summed E-state index contributed by atoms with van der Waals surface area (Å²) in [6, 6.07) is 10.1. The standard InChI is InChI=1S/C18H16N2O4S/c1-3-20-16(21)15(10-12-9-8-11(2)24-12)25-18(20)19-14-7-5-4-6-13(14)17(22)23/h4-10H,3H2,1-2H3,(H,22,23)/b15-10-,19-18?. The first-order valence-corrected chi connectivity index (χ1v) is 8.50. The Bertz CT molecular complexity index is 898. The van der Waals surface area contributed by atoms with Crippen molar-refractivity contribution < 1.29 is 19.1 Å². The molecule has 1 fully saturated rings. The van der Waals surface area contributed by atoms with Crippen molar-refractivity contribution in [3.8, 4) is 0 Å². The van der Waals surface area contributed by atoms with Crippen molar-refractivity contribution in [3.05, 3.63) is 58.4 Å². The number of carboxylic acid groups (broad SMARTS) is 1. The zero-order chi connectivity index (χ0) is 18.0. The lowest BCUT2D eigenvalue weighted by molar-refractivity contribution is -0.122. The second-order valence-electron chi connectivity index (χ2n) is 5.33. The van der Waals surface area contributed by atoms with E-state index in [4.69, 9.17) is 4.42 Å². The predicted octanol–water partition coefficient (Wildman–Crippen LogP) is 3.91. The molecule has 3 rings (SSSR count). The van der Waals surface area contributed by atoms with Crippen molar-refractivity contribution in [2.75, 3.05) is 6.54 Å². The van der Waals surface area contributed by atoms with Crippen LogP contribution in [0.1, 0.15) is 28.8 Å². The topological polar surface area (TPSA) is 83.1 Å². The van der Waals surface area contributed by atoms with Crippen LogP contribution in [0.3, 0.4) is 0 Å². The summed E-state index contributed by atoms with van der Waals surface area (Å²) in [6.45, 7) is 4.12. The molecule has 1 saturated heterocycles. The van der Waals surface area contributed by atoms with Crippen LogP contribution >= 0.6 is 11.8 Å². The van der Waals surface area contributed by atoms with Gasteiger partial charge in [-0.1, -0.05) is 12.1 Å². The second kappa shape index (κ2) is 6.98. The van der Waals surface area contributed by atoms with Gasteiger partial charge in [-0.05, 0) is 49.9 Å². The number of carbonyl (C=O) groups excluding carboxylic acids is 1. The molecular weight excluding hydrogens is 340 g/mol. The molecule has 1 N–H and O–H groups in total. The van der Waals surface area contributed by atoms with Gasteiger partial charge in [0.25, 0.3) is 5.91 Å². The van der Waals surface area contributed by atoms with Crippen molar-refractivity contribution in [1.82, 2.24) is 4.90 Å². The number of aliphatic imine (C=N–C) groups is 1. The third-order valence-corrected chi connectivity index (χ3v) is 4.60. The van der Waals surface area contributed by atoms with Gasteiger partial charge >= 0.3 is 5.97 Å². The minimum atomic E-state index is -1.06. The minimum Gasteiger partial charge on any atom is -0.478 e. The average Bonchev–Trinajstić information content (AvgIpc) is 3.11. The number of carbonyl (C=O) groups is 2. The Morgan fingerprint density at radius 3 is 2.72 bits per heavy atom. The number of aromatic carboxylic acids is 1. The number of likely N-dealkylation sites (N-methyl/N-ethyl adjacent to an activating group) is 1. The lowest BCUT2D eigenvalue weighted by Crippen LogP contribution is -2.28. The van der Waals surface area contributed by atoms with E-state index in [1.165, 1.54) is 22.7 Å². The van der Waals surface area contributed by atoms with Crippen LogP contribution in [0.5, 0.6) is 0 Å². The second-order valence-corrected chi connectivity index (χ2v) is 6.33. The number of amides is 1. The molecular formula is C18H16N2O4S. The molecule has 2 aromatic rings. The van der Waals surface area contributed by atoms with Gasteiger partial charge in [-0.2, -0.15) is 0 Å². The fraction of sp³-hybridized carbons (Fsp3) is 0.167. The SMILES string of the molecule is CCN1C(=O)/C(=C/c2ccc(C)o2)SC1=Nc1ccccc1C(=O)O. The number of nitrogens with zero attached hydrogens (tertiary/aromatic N) is 2. The number of thioether (sulfide) groups is 1. The molecule has 1 aliphatic heterocycles. The third kappa shape index (κ3) is 3.51. The van der Waals surface area contributed by atoms with E-state index in [-0.39, 0.29) is 11.5 Å². The van der Waals surface area contributed by atoms with Gasteiger partial charge in [-0.15, -0.1) is 0 Å². The maximum absolute atomic E-state index is 12.6. The molecule has 1 aromatic heterocycles. The number of para-hydroxylation sites is 1. The van der Waals surface area contributed by atoms with Crippen LogP contribution < -0.4 is 0 Å².